The fourth-order valence-corrected chi connectivity index (χ4v) is 13.2. The van der Waals surface area contributed by atoms with Crippen molar-refractivity contribution in [3.63, 3.8) is 0 Å². The Labute approximate surface area is 318 Å². The molecule has 4 saturated carbocycles. The number of rotatable bonds is 8. The first kappa shape index (κ1) is 37.9. The number of hydrogen-bond acceptors (Lipinski definition) is 7. The summed E-state index contributed by atoms with van der Waals surface area (Å²) in [5.41, 5.74) is 1.54. The molecule has 9 atom stereocenters. The zero-order chi connectivity index (χ0) is 37.8. The van der Waals surface area contributed by atoms with Crippen LogP contribution in [0.3, 0.4) is 0 Å². The zero-order valence-electron chi connectivity index (χ0n) is 32.6. The molecule has 0 spiro atoms. The van der Waals surface area contributed by atoms with Crippen LogP contribution in [0.5, 0.6) is 0 Å². The number of allylic oxidation sites excluding steroid dienone is 2. The minimum absolute atomic E-state index is 0.00184. The molecule has 2 N–H and O–H groups in total. The van der Waals surface area contributed by atoms with Gasteiger partial charge in [-0.3, -0.25) is 9.59 Å². The molecule has 1 aromatic carbocycles. The van der Waals surface area contributed by atoms with E-state index in [1.165, 1.54) is 5.57 Å². The summed E-state index contributed by atoms with van der Waals surface area (Å²) in [7, 11) is 0. The van der Waals surface area contributed by atoms with Gasteiger partial charge in [-0.05, 0) is 146 Å². The topological polar surface area (TPSA) is 123 Å². The number of aliphatic hydroxyl groups is 1. The zero-order valence-corrected chi connectivity index (χ0v) is 34.2. The molecule has 0 saturated heterocycles. The maximum Gasteiger partial charge on any atom is 0.309 e. The number of carbonyl (C=O) groups excluding carboxylic acids is 1. The maximum absolute atomic E-state index is 14.1. The van der Waals surface area contributed by atoms with Gasteiger partial charge in [-0.2, -0.15) is 0 Å². The number of carboxylic acids is 1. The van der Waals surface area contributed by atoms with Gasteiger partial charge in [0.1, 0.15) is 0 Å². The van der Waals surface area contributed by atoms with Crippen molar-refractivity contribution in [2.24, 2.45) is 50.7 Å². The van der Waals surface area contributed by atoms with Gasteiger partial charge in [0.2, 0.25) is 11.8 Å². The largest absolute Gasteiger partial charge is 0.481 e. The van der Waals surface area contributed by atoms with Crippen LogP contribution in [-0.4, -0.2) is 44.6 Å². The molecule has 4 fully saturated rings. The SMILES string of the molecule is CC(C)C1=C2C3CCC4C5(C)CCC(OC(O)CC(C)(C)C(=O)O)C(C)(C)C5CCC4(C)C3(C)CCC2(c2nnc(-c3ccc(Br)cc3)o2)CC1=O. The quantitative estimate of drug-likeness (QED) is 0.254. The lowest BCUT2D eigenvalue weighted by molar-refractivity contribution is -0.257. The van der Waals surface area contributed by atoms with Gasteiger partial charge in [-0.15, -0.1) is 10.2 Å². The molecule has 0 radical (unpaired) electrons. The Bertz CT molecular complexity index is 1780. The van der Waals surface area contributed by atoms with Crippen molar-refractivity contribution in [2.75, 3.05) is 0 Å². The van der Waals surface area contributed by atoms with Crippen LogP contribution in [-0.2, 0) is 19.7 Å². The molecule has 284 valence electrons. The van der Waals surface area contributed by atoms with E-state index in [-0.39, 0.29) is 51.8 Å². The van der Waals surface area contributed by atoms with Gasteiger partial charge < -0.3 is 19.4 Å². The average Bonchev–Trinajstić information content (AvgIpc) is 3.66. The van der Waals surface area contributed by atoms with Crippen LogP contribution in [0, 0.1) is 50.7 Å². The third-order valence-electron chi connectivity index (χ3n) is 15.9. The van der Waals surface area contributed by atoms with Crippen LogP contribution in [0.1, 0.15) is 132 Å². The third-order valence-corrected chi connectivity index (χ3v) is 16.4. The number of carboxylic acid groups (broad SMARTS) is 1. The summed E-state index contributed by atoms with van der Waals surface area (Å²) in [6.07, 6.45) is 7.23. The normalized spacial score (nSPS) is 37.7. The fraction of sp³-hybridized carbons (Fsp3) is 0.721. The summed E-state index contributed by atoms with van der Waals surface area (Å²) >= 11 is 3.52. The van der Waals surface area contributed by atoms with Crippen LogP contribution < -0.4 is 0 Å². The van der Waals surface area contributed by atoms with Crippen molar-refractivity contribution in [3.8, 4) is 11.5 Å². The van der Waals surface area contributed by atoms with Gasteiger partial charge >= 0.3 is 5.97 Å². The van der Waals surface area contributed by atoms with Crippen LogP contribution in [0.2, 0.25) is 0 Å². The van der Waals surface area contributed by atoms with Crippen molar-refractivity contribution in [2.45, 2.75) is 144 Å². The summed E-state index contributed by atoms with van der Waals surface area (Å²) in [6, 6.07) is 7.92. The fourth-order valence-electron chi connectivity index (χ4n) is 13.0. The van der Waals surface area contributed by atoms with E-state index in [4.69, 9.17) is 14.3 Å². The highest BCUT2D eigenvalue weighted by molar-refractivity contribution is 9.10. The first-order valence-corrected chi connectivity index (χ1v) is 20.5. The Morgan fingerprint density at radius 2 is 1.65 bits per heavy atom. The Hall–Kier alpha value is -2.36. The second-order valence-corrected chi connectivity index (χ2v) is 20.4. The molecule has 1 heterocycles. The number of fused-ring (bicyclic) bond motifs is 7. The molecule has 0 bridgehead atoms. The van der Waals surface area contributed by atoms with E-state index in [1.807, 2.05) is 24.3 Å². The number of hydrogen-bond donors (Lipinski definition) is 2. The molecular formula is C43H59BrN2O6. The molecule has 9 heteroatoms. The van der Waals surface area contributed by atoms with Gasteiger partial charge in [0.25, 0.3) is 0 Å². The summed E-state index contributed by atoms with van der Waals surface area (Å²) in [5, 5.41) is 29.9. The van der Waals surface area contributed by atoms with E-state index in [2.05, 4.69) is 69.5 Å². The standard InChI is InChI=1S/C43H59BrN2O6/c1-24(2)33-28(47)22-43(36-46-45-35(52-36)25-10-12-26(44)13-11-25)21-20-41(8)27(34(33)43)14-15-30-40(7)18-17-31(51-32(48)23-38(3,4)37(49)50)39(5,6)29(40)16-19-42(30,41)9/h10-13,24,27,29-32,48H,14-23H2,1-9H3,(H,49,50). The highest BCUT2D eigenvalue weighted by Crippen LogP contribution is 2.76. The first-order chi connectivity index (χ1) is 24.2. The van der Waals surface area contributed by atoms with E-state index in [1.54, 1.807) is 13.8 Å². The summed E-state index contributed by atoms with van der Waals surface area (Å²) in [5.74, 6) is 1.71. The van der Waals surface area contributed by atoms with E-state index in [0.717, 1.165) is 67.0 Å². The Balaban J connectivity index is 1.20. The minimum atomic E-state index is -1.12. The number of carbonyl (C=O) groups is 2. The van der Waals surface area contributed by atoms with Crippen molar-refractivity contribution < 1.29 is 29.0 Å². The van der Waals surface area contributed by atoms with Crippen LogP contribution in [0.15, 0.2) is 44.3 Å². The number of nitrogens with zero attached hydrogens (tertiary/aromatic N) is 2. The predicted molar refractivity (Wildman–Crippen MR) is 203 cm³/mol. The summed E-state index contributed by atoms with van der Waals surface area (Å²) in [4.78, 5) is 25.9. The molecular weight excluding hydrogens is 720 g/mol. The van der Waals surface area contributed by atoms with Gasteiger partial charge in [-0.25, -0.2) is 0 Å². The number of ketones is 1. The molecule has 5 aliphatic carbocycles. The first-order valence-electron chi connectivity index (χ1n) is 19.7. The van der Waals surface area contributed by atoms with Gasteiger partial charge in [0.15, 0.2) is 12.1 Å². The molecule has 0 amide bonds. The minimum Gasteiger partial charge on any atom is -0.481 e. The van der Waals surface area contributed by atoms with Crippen LogP contribution in [0.25, 0.3) is 11.5 Å². The maximum atomic E-state index is 14.1. The van der Waals surface area contributed by atoms with E-state index < -0.39 is 23.1 Å². The van der Waals surface area contributed by atoms with Gasteiger partial charge in [0.05, 0.1) is 16.9 Å². The van der Waals surface area contributed by atoms with Crippen LogP contribution in [0.4, 0.5) is 0 Å². The third kappa shape index (κ3) is 5.47. The highest BCUT2D eigenvalue weighted by Gasteiger charge is 2.71. The number of aliphatic carboxylic acids is 1. The molecule has 8 nitrogen and oxygen atoms in total. The lowest BCUT2D eigenvalue weighted by Crippen LogP contribution is -2.66. The van der Waals surface area contributed by atoms with Crippen molar-refractivity contribution in [1.29, 1.82) is 0 Å². The molecule has 52 heavy (non-hydrogen) atoms. The highest BCUT2D eigenvalue weighted by atomic mass is 79.9. The molecule has 0 aliphatic heterocycles. The number of Topliss-reactive ketones (excluding diaryl/α,β-unsaturated/α-hetero) is 1. The predicted octanol–water partition coefficient (Wildman–Crippen LogP) is 9.94. The Morgan fingerprint density at radius 1 is 0.962 bits per heavy atom. The second kappa shape index (κ2) is 12.6. The smallest absolute Gasteiger partial charge is 0.309 e. The van der Waals surface area contributed by atoms with Crippen molar-refractivity contribution >= 4 is 27.7 Å². The summed E-state index contributed by atoms with van der Waals surface area (Å²) in [6.45, 7) is 19.9. The van der Waals surface area contributed by atoms with Gasteiger partial charge in [0, 0.05) is 22.9 Å². The monoisotopic (exact) mass is 778 g/mol. The molecule has 7 rings (SSSR count). The molecule has 1 aromatic heterocycles. The molecule has 5 aliphatic rings. The number of halogens is 1. The average molecular weight is 780 g/mol. The van der Waals surface area contributed by atoms with E-state index >= 15 is 0 Å². The Kier molecular flexibility index (Phi) is 9.18. The van der Waals surface area contributed by atoms with Crippen LogP contribution >= 0.6 is 15.9 Å². The lowest BCUT2D eigenvalue weighted by Gasteiger charge is -2.72. The number of aromatic nitrogens is 2. The van der Waals surface area contributed by atoms with E-state index in [0.29, 0.717) is 30.0 Å². The molecule has 9 unspecified atom stereocenters. The van der Waals surface area contributed by atoms with Crippen molar-refractivity contribution in [1.82, 2.24) is 10.2 Å². The lowest BCUT2D eigenvalue weighted by atomic mass is 9.33. The van der Waals surface area contributed by atoms with E-state index in [9.17, 15) is 19.8 Å². The summed E-state index contributed by atoms with van der Waals surface area (Å²) < 4.78 is 13.9. The molecule has 2 aromatic rings. The van der Waals surface area contributed by atoms with Crippen molar-refractivity contribution in [3.05, 3.63) is 45.8 Å². The second-order valence-electron chi connectivity index (χ2n) is 19.5. The Morgan fingerprint density at radius 3 is 2.31 bits per heavy atom. The number of aliphatic hydroxyl groups excluding tert-OH is 1. The van der Waals surface area contributed by atoms with Gasteiger partial charge in [-0.1, -0.05) is 64.4 Å². The number of benzene rings is 1. The number of ether oxygens (including phenoxy) is 1.